The molecule has 0 saturated carbocycles. The number of carbonyl (C=O) groups is 1. The molecule has 140 valence electrons. The van der Waals surface area contributed by atoms with E-state index in [9.17, 15) is 13.2 Å². The average molecular weight is 378 g/mol. The van der Waals surface area contributed by atoms with E-state index in [0.29, 0.717) is 25.3 Å². The van der Waals surface area contributed by atoms with Gasteiger partial charge in [-0.15, -0.1) is 0 Å². The highest BCUT2D eigenvalue weighted by Gasteiger charge is 2.48. The molecular weight excluding hydrogens is 356 g/mol. The first kappa shape index (κ1) is 17.2. The Morgan fingerprint density at radius 1 is 1.27 bits per heavy atom. The van der Waals surface area contributed by atoms with E-state index in [1.165, 1.54) is 0 Å². The second kappa shape index (κ2) is 6.20. The van der Waals surface area contributed by atoms with Gasteiger partial charge in [-0.05, 0) is 19.9 Å². The van der Waals surface area contributed by atoms with Gasteiger partial charge in [-0.3, -0.25) is 14.8 Å². The number of carbonyl (C=O) groups excluding carboxylic acids is 1. The summed E-state index contributed by atoms with van der Waals surface area (Å²) >= 11 is 0. The third-order valence-corrected chi connectivity index (χ3v) is 6.96. The van der Waals surface area contributed by atoms with Crippen molar-refractivity contribution in [1.82, 2.24) is 30.0 Å². The standard InChI is InChI=1S/C16H22N6O3S/c1-10-5-12(20-19-10)16(23)22-4-3-21(6-13-11(2)17-9-18-13)14-7-26(24,25)8-15(14)22/h5,9,14-15H,3-4,6-8H2,1-2H3,(H,17,18)(H,19,20)/t14-,15+/m1/s1. The summed E-state index contributed by atoms with van der Waals surface area (Å²) in [7, 11) is -3.19. The Morgan fingerprint density at radius 2 is 2.04 bits per heavy atom. The molecule has 0 bridgehead atoms. The Labute approximate surface area is 151 Å². The maximum atomic E-state index is 12.9. The molecule has 1 amide bonds. The van der Waals surface area contributed by atoms with Gasteiger partial charge in [0.1, 0.15) is 5.69 Å². The van der Waals surface area contributed by atoms with E-state index in [-0.39, 0.29) is 29.5 Å². The van der Waals surface area contributed by atoms with Crippen molar-refractivity contribution in [2.24, 2.45) is 0 Å². The van der Waals surface area contributed by atoms with Crippen molar-refractivity contribution >= 4 is 15.7 Å². The first-order chi connectivity index (χ1) is 12.3. The van der Waals surface area contributed by atoms with Crippen LogP contribution in [-0.2, 0) is 16.4 Å². The van der Waals surface area contributed by atoms with E-state index in [2.05, 4.69) is 25.1 Å². The second-order valence-corrected chi connectivity index (χ2v) is 9.24. The molecule has 0 radical (unpaired) electrons. The number of rotatable bonds is 3. The van der Waals surface area contributed by atoms with Crippen molar-refractivity contribution in [2.45, 2.75) is 32.5 Å². The van der Waals surface area contributed by atoms with Crippen LogP contribution in [0.5, 0.6) is 0 Å². The monoisotopic (exact) mass is 378 g/mol. The minimum Gasteiger partial charge on any atom is -0.348 e. The molecule has 2 aliphatic rings. The van der Waals surface area contributed by atoms with Crippen molar-refractivity contribution < 1.29 is 13.2 Å². The van der Waals surface area contributed by atoms with Crippen LogP contribution in [0.25, 0.3) is 0 Å². The van der Waals surface area contributed by atoms with Crippen molar-refractivity contribution in [3.05, 3.63) is 35.2 Å². The molecule has 2 aromatic heterocycles. The fourth-order valence-electron chi connectivity index (χ4n) is 3.89. The molecule has 10 heteroatoms. The Morgan fingerprint density at radius 3 is 2.69 bits per heavy atom. The van der Waals surface area contributed by atoms with Crippen LogP contribution in [0.4, 0.5) is 0 Å². The molecule has 0 aromatic carbocycles. The highest BCUT2D eigenvalue weighted by molar-refractivity contribution is 7.91. The average Bonchev–Trinajstić information content (AvgIpc) is 3.26. The summed E-state index contributed by atoms with van der Waals surface area (Å²) in [6, 6.07) is 1.13. The summed E-state index contributed by atoms with van der Waals surface area (Å²) in [5.74, 6) is -0.134. The molecule has 0 unspecified atom stereocenters. The molecule has 2 N–H and O–H groups in total. The minimum atomic E-state index is -3.19. The number of hydrogen-bond acceptors (Lipinski definition) is 6. The first-order valence-corrected chi connectivity index (χ1v) is 10.4. The number of imidazole rings is 1. The zero-order chi connectivity index (χ0) is 18.5. The minimum absolute atomic E-state index is 0.00284. The van der Waals surface area contributed by atoms with Gasteiger partial charge in [0.25, 0.3) is 5.91 Å². The van der Waals surface area contributed by atoms with Crippen LogP contribution >= 0.6 is 0 Å². The van der Waals surface area contributed by atoms with Gasteiger partial charge in [0, 0.05) is 37.1 Å². The lowest BCUT2D eigenvalue weighted by atomic mass is 10.0. The number of hydrogen-bond donors (Lipinski definition) is 2. The van der Waals surface area contributed by atoms with Crippen LogP contribution in [-0.4, -0.2) is 81.0 Å². The van der Waals surface area contributed by atoms with Crippen molar-refractivity contribution in [2.75, 3.05) is 24.6 Å². The number of aryl methyl sites for hydroxylation is 2. The van der Waals surface area contributed by atoms with Crippen LogP contribution in [0.1, 0.15) is 27.6 Å². The summed E-state index contributed by atoms with van der Waals surface area (Å²) in [4.78, 5) is 24.0. The van der Waals surface area contributed by atoms with Gasteiger partial charge in [0.2, 0.25) is 0 Å². The van der Waals surface area contributed by atoms with Gasteiger partial charge in [-0.25, -0.2) is 13.4 Å². The lowest BCUT2D eigenvalue weighted by molar-refractivity contribution is 0.0297. The number of aromatic nitrogens is 4. The lowest BCUT2D eigenvalue weighted by Gasteiger charge is -2.43. The predicted molar refractivity (Wildman–Crippen MR) is 94.3 cm³/mol. The Hall–Kier alpha value is -2.20. The molecule has 4 rings (SSSR count). The SMILES string of the molecule is Cc1cc(C(=O)N2CCN(Cc3nc[nH]c3C)[C@@H]3CS(=O)(=O)C[C@@H]32)n[nH]1. The fraction of sp³-hybridized carbons (Fsp3) is 0.562. The second-order valence-electron chi connectivity index (χ2n) is 7.09. The summed E-state index contributed by atoms with van der Waals surface area (Å²) in [6.45, 7) is 5.44. The van der Waals surface area contributed by atoms with Gasteiger partial charge < -0.3 is 9.88 Å². The molecule has 2 saturated heterocycles. The zero-order valence-corrected chi connectivity index (χ0v) is 15.6. The molecule has 0 spiro atoms. The third kappa shape index (κ3) is 3.03. The molecule has 4 heterocycles. The number of nitrogens with zero attached hydrogens (tertiary/aromatic N) is 4. The van der Waals surface area contributed by atoms with E-state index in [4.69, 9.17) is 0 Å². The summed E-state index contributed by atoms with van der Waals surface area (Å²) in [6.07, 6.45) is 1.65. The molecule has 0 aliphatic carbocycles. The highest BCUT2D eigenvalue weighted by Crippen LogP contribution is 2.29. The number of nitrogens with one attached hydrogen (secondary N) is 2. The van der Waals surface area contributed by atoms with Crippen molar-refractivity contribution in [3.8, 4) is 0 Å². The maximum Gasteiger partial charge on any atom is 0.274 e. The van der Waals surface area contributed by atoms with E-state index in [0.717, 1.165) is 17.1 Å². The molecule has 2 aromatic rings. The van der Waals surface area contributed by atoms with Gasteiger partial charge in [0.15, 0.2) is 9.84 Å². The number of piperazine rings is 1. The van der Waals surface area contributed by atoms with Crippen LogP contribution < -0.4 is 0 Å². The normalized spacial score (nSPS) is 25.4. The van der Waals surface area contributed by atoms with Crippen molar-refractivity contribution in [3.63, 3.8) is 0 Å². The molecule has 2 aliphatic heterocycles. The van der Waals surface area contributed by atoms with E-state index in [1.54, 1.807) is 17.3 Å². The Balaban J connectivity index is 1.59. The van der Waals surface area contributed by atoms with E-state index < -0.39 is 9.84 Å². The fourth-order valence-corrected chi connectivity index (χ4v) is 5.90. The Kier molecular flexibility index (Phi) is 4.11. The van der Waals surface area contributed by atoms with Crippen molar-refractivity contribution in [1.29, 1.82) is 0 Å². The van der Waals surface area contributed by atoms with Gasteiger partial charge in [-0.2, -0.15) is 5.10 Å². The smallest absolute Gasteiger partial charge is 0.274 e. The lowest BCUT2D eigenvalue weighted by Crippen LogP contribution is -2.60. The number of H-pyrrole nitrogens is 2. The highest BCUT2D eigenvalue weighted by atomic mass is 32.2. The zero-order valence-electron chi connectivity index (χ0n) is 14.8. The van der Waals surface area contributed by atoms with Crippen LogP contribution in [0.2, 0.25) is 0 Å². The van der Waals surface area contributed by atoms with Crippen LogP contribution in [0.3, 0.4) is 0 Å². The topological polar surface area (TPSA) is 115 Å². The van der Waals surface area contributed by atoms with Crippen LogP contribution in [0.15, 0.2) is 12.4 Å². The van der Waals surface area contributed by atoms with E-state index >= 15 is 0 Å². The predicted octanol–water partition coefficient (Wildman–Crippen LogP) is -0.127. The largest absolute Gasteiger partial charge is 0.348 e. The molecule has 26 heavy (non-hydrogen) atoms. The van der Waals surface area contributed by atoms with E-state index in [1.807, 2.05) is 13.8 Å². The number of aromatic amines is 2. The van der Waals surface area contributed by atoms with Crippen LogP contribution in [0, 0.1) is 13.8 Å². The molecule has 9 nitrogen and oxygen atoms in total. The number of sulfone groups is 1. The summed E-state index contributed by atoms with van der Waals surface area (Å²) in [5.41, 5.74) is 3.03. The van der Waals surface area contributed by atoms with Gasteiger partial charge >= 0.3 is 0 Å². The van der Waals surface area contributed by atoms with Gasteiger partial charge in [0.05, 0.1) is 29.6 Å². The quantitative estimate of drug-likeness (QED) is 0.769. The number of fused-ring (bicyclic) bond motifs is 1. The summed E-state index contributed by atoms with van der Waals surface area (Å²) in [5, 5.41) is 6.81. The maximum absolute atomic E-state index is 12.9. The molecule has 2 fully saturated rings. The molecular formula is C16H22N6O3S. The third-order valence-electron chi connectivity index (χ3n) is 5.26. The summed E-state index contributed by atoms with van der Waals surface area (Å²) < 4.78 is 24.6. The molecule has 2 atom stereocenters. The Bertz CT molecular complexity index is 933. The first-order valence-electron chi connectivity index (χ1n) is 8.60. The number of amides is 1. The van der Waals surface area contributed by atoms with Gasteiger partial charge in [-0.1, -0.05) is 0 Å².